The monoisotopic (exact) mass is 292 g/mol. The molecule has 0 aliphatic heterocycles. The van der Waals surface area contributed by atoms with E-state index in [0.717, 1.165) is 11.1 Å². The lowest BCUT2D eigenvalue weighted by Crippen LogP contribution is -2.46. The Kier molecular flexibility index (Phi) is 6.59. The first-order valence-corrected chi connectivity index (χ1v) is 7.01. The maximum atomic E-state index is 11.5. The van der Waals surface area contributed by atoms with Gasteiger partial charge in [0.2, 0.25) is 5.79 Å². The van der Waals surface area contributed by atoms with Crippen molar-refractivity contribution < 1.29 is 19.4 Å². The maximum absolute atomic E-state index is 11.5. The van der Waals surface area contributed by atoms with E-state index in [1.54, 1.807) is 24.3 Å². The third-order valence-corrected chi connectivity index (χ3v) is 3.04. The summed E-state index contributed by atoms with van der Waals surface area (Å²) in [4.78, 5) is 11.5. The van der Waals surface area contributed by atoms with E-state index in [2.05, 4.69) is 0 Å². The van der Waals surface area contributed by atoms with Crippen molar-refractivity contribution in [1.82, 2.24) is 0 Å². The number of allylic oxidation sites excluding steroid dienone is 4. The number of rotatable bonds is 7. The second-order valence-electron chi connectivity index (χ2n) is 5.47. The van der Waals surface area contributed by atoms with Gasteiger partial charge in [0.05, 0.1) is 13.2 Å². The molecule has 0 saturated heterocycles. The van der Waals surface area contributed by atoms with Gasteiger partial charge in [-0.15, -0.1) is 0 Å². The molecule has 0 fully saturated rings. The number of carboxylic acids is 1. The van der Waals surface area contributed by atoms with Gasteiger partial charge in [-0.05, 0) is 33.8 Å². The summed E-state index contributed by atoms with van der Waals surface area (Å²) in [6.45, 7) is 8.46. The van der Waals surface area contributed by atoms with E-state index in [0.29, 0.717) is 13.2 Å². The highest BCUT2D eigenvalue weighted by Crippen LogP contribution is 2.31. The van der Waals surface area contributed by atoms with Crippen LogP contribution in [0.3, 0.4) is 0 Å². The first kappa shape index (κ1) is 17.4. The number of aliphatic carboxylic acids is 1. The Balaban J connectivity index is 2.94. The molecule has 0 amide bonds. The maximum Gasteiger partial charge on any atom is 0.316 e. The summed E-state index contributed by atoms with van der Waals surface area (Å²) in [5, 5.41) is 9.41. The zero-order valence-electron chi connectivity index (χ0n) is 13.1. The smallest absolute Gasteiger partial charge is 0.316 e. The van der Waals surface area contributed by atoms with Crippen LogP contribution in [0.5, 0.6) is 0 Å². The van der Waals surface area contributed by atoms with Gasteiger partial charge < -0.3 is 14.6 Å². The molecule has 0 heterocycles. The number of carbonyl (C=O) groups is 1. The summed E-state index contributed by atoms with van der Waals surface area (Å²) < 4.78 is 11.6. The highest BCUT2D eigenvalue weighted by molar-refractivity contribution is 5.74. The third-order valence-electron chi connectivity index (χ3n) is 3.04. The Morgan fingerprint density at radius 3 is 2.05 bits per heavy atom. The van der Waals surface area contributed by atoms with Crippen molar-refractivity contribution in [3.63, 3.8) is 0 Å². The molecule has 1 atom stereocenters. The molecule has 1 aliphatic rings. The van der Waals surface area contributed by atoms with Gasteiger partial charge in [-0.2, -0.15) is 0 Å². The summed E-state index contributed by atoms with van der Waals surface area (Å²) in [6.07, 6.45) is 10.5. The standard InChI is InChI=1S/C17H24O4/c1-13(2)8-11-20-17(21-12-9-14(3)4)10-6-5-7-15(17)16(18)19/h5-10,15H,11-12H2,1-4H3,(H,18,19). The minimum Gasteiger partial charge on any atom is -0.481 e. The largest absolute Gasteiger partial charge is 0.481 e. The zero-order valence-corrected chi connectivity index (χ0v) is 13.1. The summed E-state index contributed by atoms with van der Waals surface area (Å²) >= 11 is 0. The number of ether oxygens (including phenoxy) is 2. The molecule has 0 bridgehead atoms. The topological polar surface area (TPSA) is 55.8 Å². The molecule has 4 nitrogen and oxygen atoms in total. The second-order valence-corrected chi connectivity index (χ2v) is 5.47. The number of hydrogen-bond acceptors (Lipinski definition) is 3. The van der Waals surface area contributed by atoms with Gasteiger partial charge in [0, 0.05) is 0 Å². The molecule has 116 valence electrons. The minimum atomic E-state index is -1.27. The van der Waals surface area contributed by atoms with E-state index < -0.39 is 17.7 Å². The Morgan fingerprint density at radius 2 is 1.62 bits per heavy atom. The van der Waals surface area contributed by atoms with Crippen LogP contribution in [0.4, 0.5) is 0 Å². The minimum absolute atomic E-state index is 0.305. The Morgan fingerprint density at radius 1 is 1.10 bits per heavy atom. The van der Waals surface area contributed by atoms with Gasteiger partial charge in [-0.25, -0.2) is 0 Å². The molecule has 0 aromatic carbocycles. The van der Waals surface area contributed by atoms with Crippen molar-refractivity contribution in [3.05, 3.63) is 47.6 Å². The first-order valence-electron chi connectivity index (χ1n) is 7.01. The molecule has 4 heteroatoms. The van der Waals surface area contributed by atoms with Crippen LogP contribution in [0.2, 0.25) is 0 Å². The van der Waals surface area contributed by atoms with Crippen LogP contribution < -0.4 is 0 Å². The van der Waals surface area contributed by atoms with E-state index >= 15 is 0 Å². The fraction of sp³-hybridized carbons (Fsp3) is 0.471. The Labute approximate surface area is 126 Å². The molecule has 0 spiro atoms. The van der Waals surface area contributed by atoms with Gasteiger partial charge >= 0.3 is 5.97 Å². The molecular formula is C17H24O4. The van der Waals surface area contributed by atoms with Crippen LogP contribution in [-0.2, 0) is 14.3 Å². The number of hydrogen-bond donors (Lipinski definition) is 1. The van der Waals surface area contributed by atoms with Crippen molar-refractivity contribution in [2.24, 2.45) is 5.92 Å². The highest BCUT2D eigenvalue weighted by Gasteiger charge is 2.43. The molecule has 1 N–H and O–H groups in total. The van der Waals surface area contributed by atoms with E-state index in [4.69, 9.17) is 9.47 Å². The van der Waals surface area contributed by atoms with Crippen molar-refractivity contribution >= 4 is 5.97 Å². The third kappa shape index (κ3) is 5.33. The van der Waals surface area contributed by atoms with E-state index in [-0.39, 0.29) is 0 Å². The summed E-state index contributed by atoms with van der Waals surface area (Å²) in [7, 11) is 0. The van der Waals surface area contributed by atoms with E-state index in [1.807, 2.05) is 39.8 Å². The van der Waals surface area contributed by atoms with Crippen LogP contribution in [-0.4, -0.2) is 30.1 Å². The van der Waals surface area contributed by atoms with Crippen molar-refractivity contribution in [3.8, 4) is 0 Å². The summed E-state index contributed by atoms with van der Waals surface area (Å²) in [6, 6.07) is 0. The summed E-state index contributed by atoms with van der Waals surface area (Å²) in [5.41, 5.74) is 2.22. The van der Waals surface area contributed by atoms with Crippen molar-refractivity contribution in [2.75, 3.05) is 13.2 Å². The highest BCUT2D eigenvalue weighted by atomic mass is 16.7. The van der Waals surface area contributed by atoms with Crippen molar-refractivity contribution in [2.45, 2.75) is 33.5 Å². The Hall–Kier alpha value is -1.65. The molecular weight excluding hydrogens is 268 g/mol. The fourth-order valence-corrected chi connectivity index (χ4v) is 1.85. The molecule has 1 unspecified atom stereocenters. The number of carboxylic acid groups (broad SMARTS) is 1. The van der Waals surface area contributed by atoms with Crippen LogP contribution in [0.15, 0.2) is 47.6 Å². The fourth-order valence-electron chi connectivity index (χ4n) is 1.85. The first-order chi connectivity index (χ1) is 9.87. The van der Waals surface area contributed by atoms with Gasteiger partial charge in [0.15, 0.2) is 0 Å². The average Bonchev–Trinajstić information content (AvgIpc) is 2.38. The average molecular weight is 292 g/mol. The SMILES string of the molecule is CC(C)=CCOC1(OCC=C(C)C)C=CC=CC1C(=O)O. The molecule has 0 aromatic heterocycles. The molecule has 1 aliphatic carbocycles. The molecule has 0 aromatic rings. The second kappa shape index (κ2) is 7.96. The van der Waals surface area contributed by atoms with Crippen LogP contribution >= 0.6 is 0 Å². The van der Waals surface area contributed by atoms with Gasteiger partial charge in [-0.1, -0.05) is 41.5 Å². The molecule has 21 heavy (non-hydrogen) atoms. The normalized spacial score (nSPS) is 19.1. The molecule has 0 radical (unpaired) electrons. The van der Waals surface area contributed by atoms with Crippen LogP contribution in [0.25, 0.3) is 0 Å². The zero-order chi connectivity index (χ0) is 15.9. The van der Waals surface area contributed by atoms with E-state index in [1.165, 1.54) is 0 Å². The predicted molar refractivity (Wildman–Crippen MR) is 82.9 cm³/mol. The lowest BCUT2D eigenvalue weighted by molar-refractivity contribution is -0.220. The van der Waals surface area contributed by atoms with Gasteiger partial charge in [0.25, 0.3) is 0 Å². The quantitative estimate of drug-likeness (QED) is 0.576. The van der Waals surface area contributed by atoms with Crippen LogP contribution in [0, 0.1) is 5.92 Å². The van der Waals surface area contributed by atoms with Crippen LogP contribution in [0.1, 0.15) is 27.7 Å². The molecule has 1 rings (SSSR count). The summed E-state index contributed by atoms with van der Waals surface area (Å²) in [5.74, 6) is -3.10. The van der Waals surface area contributed by atoms with Gasteiger partial charge in [0.1, 0.15) is 5.92 Å². The van der Waals surface area contributed by atoms with Crippen molar-refractivity contribution in [1.29, 1.82) is 0 Å². The predicted octanol–water partition coefficient (Wildman–Crippen LogP) is 3.48. The lowest BCUT2D eigenvalue weighted by atomic mass is 9.93. The Bertz CT molecular complexity index is 453. The van der Waals surface area contributed by atoms with E-state index in [9.17, 15) is 9.90 Å². The van der Waals surface area contributed by atoms with Gasteiger partial charge in [-0.3, -0.25) is 4.79 Å². The molecule has 0 saturated carbocycles. The lowest BCUT2D eigenvalue weighted by Gasteiger charge is -2.35.